The molecule has 0 unspecified atom stereocenters. The van der Waals surface area contributed by atoms with Gasteiger partial charge in [0.25, 0.3) is 0 Å². The van der Waals surface area contributed by atoms with E-state index < -0.39 is 0 Å². The van der Waals surface area contributed by atoms with Crippen molar-refractivity contribution < 1.29 is 13.9 Å². The van der Waals surface area contributed by atoms with Crippen LogP contribution in [0.1, 0.15) is 11.3 Å². The van der Waals surface area contributed by atoms with Crippen LogP contribution in [0.3, 0.4) is 0 Å². The van der Waals surface area contributed by atoms with E-state index in [0.717, 1.165) is 40.8 Å². The molecule has 2 aromatic heterocycles. The molecule has 0 aliphatic carbocycles. The van der Waals surface area contributed by atoms with Crippen molar-refractivity contribution in [1.82, 2.24) is 20.5 Å². The Bertz CT molecular complexity index is 982. The first-order valence-electron chi connectivity index (χ1n) is 9.96. The van der Waals surface area contributed by atoms with Crippen LogP contribution in [0.2, 0.25) is 0 Å². The Hall–Kier alpha value is -2.69. The number of rotatable bonds is 9. The van der Waals surface area contributed by atoms with E-state index in [1.807, 2.05) is 36.5 Å². The van der Waals surface area contributed by atoms with E-state index in [2.05, 4.69) is 20.6 Å². The van der Waals surface area contributed by atoms with Crippen molar-refractivity contribution in [3.63, 3.8) is 0 Å². The molecule has 0 fully saturated rings. The topological polar surface area (TPSA) is 94.9 Å². The summed E-state index contributed by atoms with van der Waals surface area (Å²) in [5.74, 6) is 2.30. The molecule has 0 atom stereocenters. The van der Waals surface area contributed by atoms with Gasteiger partial charge in [0.15, 0.2) is 5.96 Å². The number of carbonyl (C=O) groups is 1. The van der Waals surface area contributed by atoms with E-state index in [0.29, 0.717) is 19.0 Å². The Balaban J connectivity index is 0.00000341. The van der Waals surface area contributed by atoms with Crippen LogP contribution >= 0.6 is 24.0 Å². The third-order valence-corrected chi connectivity index (χ3v) is 4.77. The molecular weight excluding hydrogens is 509 g/mol. The first-order chi connectivity index (χ1) is 14.6. The predicted molar refractivity (Wildman–Crippen MR) is 133 cm³/mol. The zero-order chi connectivity index (χ0) is 21.3. The molecule has 3 N–H and O–H groups in total. The van der Waals surface area contributed by atoms with Crippen LogP contribution in [-0.2, 0) is 17.6 Å². The first-order valence-corrected chi connectivity index (χ1v) is 9.96. The lowest BCUT2D eigenvalue weighted by atomic mass is 10.1. The van der Waals surface area contributed by atoms with Crippen LogP contribution < -0.4 is 15.4 Å². The number of ether oxygens (including phenoxy) is 1. The molecule has 0 saturated heterocycles. The highest BCUT2D eigenvalue weighted by Crippen LogP contribution is 2.28. The molecule has 9 heteroatoms. The Morgan fingerprint density at radius 2 is 1.94 bits per heavy atom. The maximum absolute atomic E-state index is 11.9. The number of likely N-dealkylation sites (N-methyl/N-ethyl adjacent to an activating group) is 1. The standard InChI is InChI=1S/C22H29N5O3.HI/c1-27(2)20(28)15-26-22(24-12-10-17-6-5-13-30-17)23-11-9-16-14-25-18-7-4-8-19(29-3)21(16)18;/h4-8,13-14,25H,9-12,15H2,1-3H3,(H2,23,24,26);1H. The molecule has 1 amide bonds. The van der Waals surface area contributed by atoms with E-state index >= 15 is 0 Å². The number of benzene rings is 1. The van der Waals surface area contributed by atoms with Crippen molar-refractivity contribution >= 4 is 46.7 Å². The van der Waals surface area contributed by atoms with Gasteiger partial charge in [-0.2, -0.15) is 0 Å². The van der Waals surface area contributed by atoms with Gasteiger partial charge >= 0.3 is 0 Å². The number of halogens is 1. The number of hydrogen-bond donors (Lipinski definition) is 3. The Kier molecular flexibility index (Phi) is 9.70. The summed E-state index contributed by atoms with van der Waals surface area (Å²) in [5.41, 5.74) is 2.21. The molecule has 1 aromatic carbocycles. The van der Waals surface area contributed by atoms with Gasteiger partial charge in [0.1, 0.15) is 18.1 Å². The monoisotopic (exact) mass is 539 g/mol. The van der Waals surface area contributed by atoms with Crippen LogP contribution in [0.15, 0.2) is 52.2 Å². The van der Waals surface area contributed by atoms with Crippen molar-refractivity contribution in [3.05, 3.63) is 54.1 Å². The Morgan fingerprint density at radius 1 is 1.16 bits per heavy atom. The maximum atomic E-state index is 11.9. The van der Waals surface area contributed by atoms with E-state index in [9.17, 15) is 4.79 Å². The van der Waals surface area contributed by atoms with Crippen molar-refractivity contribution in [2.75, 3.05) is 40.8 Å². The fraction of sp³-hybridized carbons (Fsp3) is 0.364. The predicted octanol–water partition coefficient (Wildman–Crippen LogP) is 2.80. The minimum Gasteiger partial charge on any atom is -0.496 e. The molecule has 8 nitrogen and oxygen atoms in total. The molecule has 0 spiro atoms. The lowest BCUT2D eigenvalue weighted by molar-refractivity contribution is -0.127. The largest absolute Gasteiger partial charge is 0.496 e. The summed E-state index contributed by atoms with van der Waals surface area (Å²) in [6.07, 6.45) is 5.18. The van der Waals surface area contributed by atoms with Gasteiger partial charge in [0, 0.05) is 50.7 Å². The fourth-order valence-electron chi connectivity index (χ4n) is 3.12. The normalized spacial score (nSPS) is 11.1. The highest BCUT2D eigenvalue weighted by Gasteiger charge is 2.10. The van der Waals surface area contributed by atoms with Crippen molar-refractivity contribution in [3.8, 4) is 5.75 Å². The van der Waals surface area contributed by atoms with Gasteiger partial charge in [0.2, 0.25) is 5.91 Å². The molecular formula is C22H30IN5O3. The number of guanidine groups is 1. The number of furan rings is 1. The number of fused-ring (bicyclic) bond motifs is 1. The average molecular weight is 539 g/mol. The molecule has 0 radical (unpaired) electrons. The molecule has 3 aromatic rings. The minimum atomic E-state index is -0.0523. The van der Waals surface area contributed by atoms with Crippen LogP contribution in [0.4, 0.5) is 0 Å². The third kappa shape index (κ3) is 6.91. The molecule has 168 valence electrons. The number of aromatic nitrogens is 1. The molecule has 31 heavy (non-hydrogen) atoms. The zero-order valence-corrected chi connectivity index (χ0v) is 20.4. The van der Waals surface area contributed by atoms with Gasteiger partial charge in [0.05, 0.1) is 13.4 Å². The second kappa shape index (κ2) is 12.2. The van der Waals surface area contributed by atoms with Crippen molar-refractivity contribution in [2.24, 2.45) is 4.99 Å². The summed E-state index contributed by atoms with van der Waals surface area (Å²) in [4.78, 5) is 21.2. The van der Waals surface area contributed by atoms with Crippen molar-refractivity contribution in [1.29, 1.82) is 0 Å². The minimum absolute atomic E-state index is 0. The number of amides is 1. The van der Waals surface area contributed by atoms with Crippen LogP contribution in [0, 0.1) is 0 Å². The summed E-state index contributed by atoms with van der Waals surface area (Å²) in [5, 5.41) is 7.68. The van der Waals surface area contributed by atoms with Gasteiger partial charge in [-0.1, -0.05) is 6.07 Å². The SMILES string of the molecule is COc1cccc2[nH]cc(CCNC(=NCC(=O)N(C)C)NCCc3ccco3)c12.I. The Labute approximate surface area is 199 Å². The number of carbonyl (C=O) groups excluding carboxylic acids is 1. The number of nitrogens with zero attached hydrogens (tertiary/aromatic N) is 2. The quantitative estimate of drug-likeness (QED) is 0.221. The maximum Gasteiger partial charge on any atom is 0.243 e. The summed E-state index contributed by atoms with van der Waals surface area (Å²) in [6.45, 7) is 1.40. The average Bonchev–Trinajstić information content (AvgIpc) is 3.41. The summed E-state index contributed by atoms with van der Waals surface area (Å²) >= 11 is 0. The highest BCUT2D eigenvalue weighted by molar-refractivity contribution is 14.0. The number of aromatic amines is 1. The molecule has 2 heterocycles. The number of nitrogens with one attached hydrogen (secondary N) is 3. The number of hydrogen-bond acceptors (Lipinski definition) is 4. The van der Waals surface area contributed by atoms with Gasteiger partial charge in [-0.15, -0.1) is 24.0 Å². The Morgan fingerprint density at radius 3 is 2.61 bits per heavy atom. The number of methoxy groups -OCH3 is 1. The lowest BCUT2D eigenvalue weighted by Crippen LogP contribution is -2.40. The van der Waals surface area contributed by atoms with Gasteiger partial charge < -0.3 is 29.7 Å². The molecule has 0 bridgehead atoms. The van der Waals surface area contributed by atoms with Gasteiger partial charge in [-0.25, -0.2) is 4.99 Å². The van der Waals surface area contributed by atoms with E-state index in [1.54, 1.807) is 27.5 Å². The van der Waals surface area contributed by atoms with Crippen LogP contribution in [0.5, 0.6) is 5.75 Å². The van der Waals surface area contributed by atoms with E-state index in [4.69, 9.17) is 9.15 Å². The molecule has 3 rings (SSSR count). The molecule has 0 aliphatic rings. The number of aliphatic imine (C=N–C) groups is 1. The summed E-state index contributed by atoms with van der Waals surface area (Å²) in [6, 6.07) is 9.77. The second-order valence-electron chi connectivity index (χ2n) is 7.08. The fourth-order valence-corrected chi connectivity index (χ4v) is 3.12. The van der Waals surface area contributed by atoms with E-state index in [1.165, 1.54) is 4.90 Å². The first kappa shape index (κ1) is 24.6. The van der Waals surface area contributed by atoms with Gasteiger partial charge in [-0.3, -0.25) is 4.79 Å². The van der Waals surface area contributed by atoms with Crippen molar-refractivity contribution in [2.45, 2.75) is 12.8 Å². The highest BCUT2D eigenvalue weighted by atomic mass is 127. The van der Waals surface area contributed by atoms with Gasteiger partial charge in [-0.05, 0) is 36.2 Å². The van der Waals surface area contributed by atoms with Crippen LogP contribution in [-0.4, -0.2) is 62.6 Å². The number of H-pyrrole nitrogens is 1. The second-order valence-corrected chi connectivity index (χ2v) is 7.08. The molecule has 0 aliphatic heterocycles. The summed E-state index contributed by atoms with van der Waals surface area (Å²) < 4.78 is 10.9. The lowest BCUT2D eigenvalue weighted by Gasteiger charge is -2.13. The summed E-state index contributed by atoms with van der Waals surface area (Å²) in [7, 11) is 5.12. The smallest absolute Gasteiger partial charge is 0.243 e. The van der Waals surface area contributed by atoms with E-state index in [-0.39, 0.29) is 36.4 Å². The third-order valence-electron chi connectivity index (χ3n) is 4.77. The van der Waals surface area contributed by atoms with Crippen LogP contribution in [0.25, 0.3) is 10.9 Å². The molecule has 0 saturated carbocycles. The zero-order valence-electron chi connectivity index (χ0n) is 18.1.